The van der Waals surface area contributed by atoms with Crippen LogP contribution in [0.3, 0.4) is 0 Å². The lowest BCUT2D eigenvalue weighted by molar-refractivity contribution is 0.340. The van der Waals surface area contributed by atoms with E-state index >= 15 is 0 Å². The van der Waals surface area contributed by atoms with Gasteiger partial charge >= 0.3 is 0 Å². The molecule has 21 heavy (non-hydrogen) atoms. The molecule has 0 heterocycles. The van der Waals surface area contributed by atoms with Crippen molar-refractivity contribution in [2.75, 3.05) is 11.3 Å². The predicted molar refractivity (Wildman–Crippen MR) is 79.6 cm³/mol. The van der Waals surface area contributed by atoms with Crippen LogP contribution in [0.1, 0.15) is 12.5 Å². The van der Waals surface area contributed by atoms with E-state index in [0.29, 0.717) is 23.6 Å². The summed E-state index contributed by atoms with van der Waals surface area (Å²) >= 11 is 0. The highest BCUT2D eigenvalue weighted by atomic mass is 32.2. The fourth-order valence-electron chi connectivity index (χ4n) is 1.94. The fraction of sp³-hybridized carbons (Fsp3) is 0.200. The molecule has 0 radical (unpaired) electrons. The van der Waals surface area contributed by atoms with E-state index in [-0.39, 0.29) is 4.90 Å². The van der Waals surface area contributed by atoms with Gasteiger partial charge in [0, 0.05) is 6.07 Å². The molecule has 2 aromatic rings. The van der Waals surface area contributed by atoms with Gasteiger partial charge in [0.1, 0.15) is 11.6 Å². The van der Waals surface area contributed by atoms with E-state index in [0.717, 1.165) is 6.07 Å². The molecule has 0 unspecified atom stereocenters. The second-order valence-corrected chi connectivity index (χ2v) is 6.13. The molecule has 4 nitrogen and oxygen atoms in total. The molecule has 2 rings (SSSR count). The van der Waals surface area contributed by atoms with E-state index in [2.05, 4.69) is 4.72 Å². The lowest BCUT2D eigenvalue weighted by Crippen LogP contribution is -2.14. The van der Waals surface area contributed by atoms with Gasteiger partial charge in [-0.15, -0.1) is 0 Å². The fourth-order valence-corrected chi connectivity index (χ4v) is 3.22. The third-order valence-electron chi connectivity index (χ3n) is 2.82. The quantitative estimate of drug-likeness (QED) is 0.921. The van der Waals surface area contributed by atoms with Crippen LogP contribution < -0.4 is 9.46 Å². The zero-order valence-corrected chi connectivity index (χ0v) is 12.6. The van der Waals surface area contributed by atoms with E-state index < -0.39 is 15.8 Å². The molecule has 0 amide bonds. The lowest BCUT2D eigenvalue weighted by Gasteiger charge is -2.11. The SMILES string of the molecule is CCOc1cccc(NS(=O)(=O)c2ccc(F)cc2C)c1. The van der Waals surface area contributed by atoms with Gasteiger partial charge < -0.3 is 4.74 Å². The number of hydrogen-bond acceptors (Lipinski definition) is 3. The lowest BCUT2D eigenvalue weighted by atomic mass is 10.2. The Labute approximate surface area is 123 Å². The van der Waals surface area contributed by atoms with Crippen LogP contribution in [0, 0.1) is 12.7 Å². The molecule has 1 N–H and O–H groups in total. The van der Waals surface area contributed by atoms with E-state index in [1.807, 2.05) is 6.92 Å². The Kier molecular flexibility index (Phi) is 4.47. The first-order chi connectivity index (χ1) is 9.92. The summed E-state index contributed by atoms with van der Waals surface area (Å²) in [4.78, 5) is 0.0470. The van der Waals surface area contributed by atoms with Gasteiger partial charge in [0.15, 0.2) is 0 Å². The van der Waals surface area contributed by atoms with Crippen LogP contribution in [0.2, 0.25) is 0 Å². The molecule has 0 spiro atoms. The van der Waals surface area contributed by atoms with Gasteiger partial charge in [-0.05, 0) is 49.7 Å². The van der Waals surface area contributed by atoms with Crippen molar-refractivity contribution in [3.63, 3.8) is 0 Å². The zero-order chi connectivity index (χ0) is 15.5. The Morgan fingerprint density at radius 3 is 2.62 bits per heavy atom. The minimum atomic E-state index is -3.76. The third kappa shape index (κ3) is 3.72. The number of sulfonamides is 1. The number of halogens is 1. The molecule has 0 aliphatic heterocycles. The van der Waals surface area contributed by atoms with Crippen molar-refractivity contribution in [3.05, 3.63) is 53.8 Å². The maximum atomic E-state index is 13.1. The highest BCUT2D eigenvalue weighted by Crippen LogP contribution is 2.23. The summed E-state index contributed by atoms with van der Waals surface area (Å²) in [6.07, 6.45) is 0. The first-order valence-electron chi connectivity index (χ1n) is 6.44. The van der Waals surface area contributed by atoms with Crippen LogP contribution in [0.15, 0.2) is 47.4 Å². The highest BCUT2D eigenvalue weighted by molar-refractivity contribution is 7.92. The van der Waals surface area contributed by atoms with Crippen LogP contribution in [-0.4, -0.2) is 15.0 Å². The Morgan fingerprint density at radius 2 is 1.95 bits per heavy atom. The molecule has 0 aliphatic rings. The van der Waals surface area contributed by atoms with E-state index in [9.17, 15) is 12.8 Å². The Hall–Kier alpha value is -2.08. The Morgan fingerprint density at radius 1 is 1.19 bits per heavy atom. The van der Waals surface area contributed by atoms with Crippen LogP contribution >= 0.6 is 0 Å². The molecule has 0 aliphatic carbocycles. The van der Waals surface area contributed by atoms with Gasteiger partial charge in [-0.3, -0.25) is 4.72 Å². The van der Waals surface area contributed by atoms with Gasteiger partial charge in [0.05, 0.1) is 17.2 Å². The second kappa shape index (κ2) is 6.13. The minimum absolute atomic E-state index is 0.0470. The van der Waals surface area contributed by atoms with Gasteiger partial charge in [0.25, 0.3) is 10.0 Å². The van der Waals surface area contributed by atoms with E-state index in [1.165, 1.54) is 12.1 Å². The van der Waals surface area contributed by atoms with Crippen molar-refractivity contribution < 1.29 is 17.5 Å². The predicted octanol–water partition coefficient (Wildman–Crippen LogP) is 3.33. The van der Waals surface area contributed by atoms with Crippen molar-refractivity contribution in [2.24, 2.45) is 0 Å². The Bertz CT molecular complexity index is 744. The van der Waals surface area contributed by atoms with Crippen molar-refractivity contribution in [1.29, 1.82) is 0 Å². The number of anilines is 1. The van der Waals surface area contributed by atoms with Gasteiger partial charge in [-0.2, -0.15) is 0 Å². The van der Waals surface area contributed by atoms with Gasteiger partial charge in [0.2, 0.25) is 0 Å². The largest absolute Gasteiger partial charge is 0.494 e. The van der Waals surface area contributed by atoms with Crippen molar-refractivity contribution >= 4 is 15.7 Å². The summed E-state index contributed by atoms with van der Waals surface area (Å²) in [5.74, 6) is 0.110. The van der Waals surface area contributed by atoms with Crippen LogP contribution in [0.5, 0.6) is 5.75 Å². The van der Waals surface area contributed by atoms with Gasteiger partial charge in [-0.25, -0.2) is 12.8 Å². The molecule has 0 fully saturated rings. The molecular weight excluding hydrogens is 293 g/mol. The average Bonchev–Trinajstić information content (AvgIpc) is 2.38. The zero-order valence-electron chi connectivity index (χ0n) is 11.8. The first kappa shape index (κ1) is 15.3. The van der Waals surface area contributed by atoms with Crippen molar-refractivity contribution in [1.82, 2.24) is 0 Å². The monoisotopic (exact) mass is 309 g/mol. The maximum Gasteiger partial charge on any atom is 0.262 e. The number of rotatable bonds is 5. The number of benzene rings is 2. The smallest absolute Gasteiger partial charge is 0.262 e. The molecule has 2 aromatic carbocycles. The van der Waals surface area contributed by atoms with E-state index in [1.54, 1.807) is 31.2 Å². The summed E-state index contributed by atoms with van der Waals surface area (Å²) in [5, 5.41) is 0. The second-order valence-electron chi connectivity index (χ2n) is 4.48. The third-order valence-corrected chi connectivity index (χ3v) is 4.37. The topological polar surface area (TPSA) is 55.4 Å². The van der Waals surface area contributed by atoms with Crippen molar-refractivity contribution in [2.45, 2.75) is 18.7 Å². The molecule has 0 atom stereocenters. The summed E-state index contributed by atoms with van der Waals surface area (Å²) in [7, 11) is -3.76. The highest BCUT2D eigenvalue weighted by Gasteiger charge is 2.17. The first-order valence-corrected chi connectivity index (χ1v) is 7.92. The molecule has 0 aromatic heterocycles. The standard InChI is InChI=1S/C15H16FNO3S/c1-3-20-14-6-4-5-13(10-14)17-21(18,19)15-8-7-12(16)9-11(15)2/h4-10,17H,3H2,1-2H3. The molecule has 0 bridgehead atoms. The molecule has 0 saturated carbocycles. The van der Waals surface area contributed by atoms with Gasteiger partial charge in [-0.1, -0.05) is 6.07 Å². The van der Waals surface area contributed by atoms with Crippen LogP contribution in [0.4, 0.5) is 10.1 Å². The van der Waals surface area contributed by atoms with Crippen LogP contribution in [-0.2, 0) is 10.0 Å². The summed E-state index contributed by atoms with van der Waals surface area (Å²) in [5.41, 5.74) is 0.744. The molecule has 0 saturated heterocycles. The normalized spacial score (nSPS) is 11.2. The number of ether oxygens (including phenoxy) is 1. The Balaban J connectivity index is 2.31. The van der Waals surface area contributed by atoms with Crippen LogP contribution in [0.25, 0.3) is 0 Å². The average molecular weight is 309 g/mol. The van der Waals surface area contributed by atoms with E-state index in [4.69, 9.17) is 4.74 Å². The number of hydrogen-bond donors (Lipinski definition) is 1. The number of aryl methyl sites for hydroxylation is 1. The van der Waals surface area contributed by atoms with Crippen molar-refractivity contribution in [3.8, 4) is 5.75 Å². The molecule has 6 heteroatoms. The molecule has 112 valence electrons. The molecular formula is C15H16FNO3S. The summed E-state index contributed by atoms with van der Waals surface area (Å²) < 4.78 is 45.5. The number of nitrogens with one attached hydrogen (secondary N) is 1. The summed E-state index contributed by atoms with van der Waals surface area (Å²) in [6, 6.07) is 10.2. The minimum Gasteiger partial charge on any atom is -0.494 e. The summed E-state index contributed by atoms with van der Waals surface area (Å²) in [6.45, 7) is 3.89. The maximum absolute atomic E-state index is 13.1.